The molecular formula is C37H88BN8O3PS5+4. The van der Waals surface area contributed by atoms with Gasteiger partial charge in [0.15, 0.2) is 5.71 Å². The van der Waals surface area contributed by atoms with Crippen molar-refractivity contribution in [2.75, 3.05) is 75.4 Å². The molecule has 55 heavy (non-hydrogen) atoms. The second kappa shape index (κ2) is 48.5. The highest BCUT2D eigenvalue weighted by atomic mass is 32.2. The fraction of sp³-hybridized carbons (Fsp3) is 0.892. The number of thiol groups is 1. The van der Waals surface area contributed by atoms with E-state index in [2.05, 4.69) is 42.5 Å². The summed E-state index contributed by atoms with van der Waals surface area (Å²) in [6, 6.07) is 0. The minimum absolute atomic E-state index is 0. The summed E-state index contributed by atoms with van der Waals surface area (Å²) in [6.45, 7) is 5.98. The van der Waals surface area contributed by atoms with Gasteiger partial charge in [0, 0.05) is 74.1 Å². The van der Waals surface area contributed by atoms with E-state index in [4.69, 9.17) is 47.7 Å². The molecule has 0 aromatic heterocycles. The van der Waals surface area contributed by atoms with Crippen LogP contribution < -0.4 is 43.7 Å². The van der Waals surface area contributed by atoms with Gasteiger partial charge in [0.25, 0.3) is 0 Å². The van der Waals surface area contributed by atoms with Gasteiger partial charge in [0.05, 0.1) is 34.2 Å². The Morgan fingerprint density at radius 2 is 1.25 bits per heavy atom. The summed E-state index contributed by atoms with van der Waals surface area (Å²) in [5.41, 5.74) is 23.6. The Hall–Kier alpha value is 0.165. The van der Waals surface area contributed by atoms with Crippen LogP contribution in [0.15, 0.2) is 0 Å². The minimum atomic E-state index is 0. The van der Waals surface area contributed by atoms with Crippen molar-refractivity contribution in [3.8, 4) is 0 Å². The molecule has 0 saturated heterocycles. The lowest BCUT2D eigenvalue weighted by molar-refractivity contribution is -0.453. The first-order valence-electron chi connectivity index (χ1n) is 21.2. The van der Waals surface area contributed by atoms with Crippen molar-refractivity contribution in [2.24, 2.45) is 28.9 Å². The van der Waals surface area contributed by atoms with Gasteiger partial charge in [-0.15, -0.1) is 0 Å². The number of hydrogen-bond donors (Lipinski definition) is 10. The van der Waals surface area contributed by atoms with Crippen LogP contribution in [0.1, 0.15) is 113 Å². The molecule has 2 aliphatic rings. The Morgan fingerprint density at radius 3 is 1.62 bits per heavy atom. The number of aliphatic hydroxyl groups is 1. The number of unbranched alkanes of at least 4 members (excludes halogenated alkanes) is 6. The van der Waals surface area contributed by atoms with Crippen molar-refractivity contribution in [1.82, 2.24) is 0 Å². The van der Waals surface area contributed by atoms with Crippen molar-refractivity contribution in [2.45, 2.75) is 125 Å². The van der Waals surface area contributed by atoms with Gasteiger partial charge in [-0.05, 0) is 69.8 Å². The highest BCUT2D eigenvalue weighted by Gasteiger charge is 2.30. The summed E-state index contributed by atoms with van der Waals surface area (Å²) in [6.07, 6.45) is 22.2. The number of aliphatic hydroxyl groups excluding tert-OH is 1. The molecule has 0 bridgehead atoms. The Labute approximate surface area is 367 Å². The first-order chi connectivity index (χ1) is 27.6. The number of methoxy groups -OCH3 is 1. The van der Waals surface area contributed by atoms with Gasteiger partial charge >= 0.3 is 5.90 Å². The number of nitrogens with one attached hydrogen (secondary N) is 2. The van der Waals surface area contributed by atoms with Gasteiger partial charge < -0.3 is 26.8 Å². The van der Waals surface area contributed by atoms with Crippen LogP contribution in [0.3, 0.4) is 0 Å². The molecule has 18 heteroatoms. The monoisotopic (exact) mass is 899 g/mol. The van der Waals surface area contributed by atoms with Crippen LogP contribution in [0.5, 0.6) is 0 Å². The molecule has 0 amide bonds. The Kier molecular flexibility index (Phi) is 50.5. The van der Waals surface area contributed by atoms with Crippen LogP contribution in [0.25, 0.3) is 0 Å². The molecule has 5 atom stereocenters. The Morgan fingerprint density at radius 1 is 0.836 bits per heavy atom. The van der Waals surface area contributed by atoms with Crippen molar-refractivity contribution in [1.29, 1.82) is 1.12 Å². The first kappa shape index (κ1) is 57.3. The average molecular weight is 899 g/mol. The van der Waals surface area contributed by atoms with Crippen molar-refractivity contribution in [3.63, 3.8) is 0 Å². The molecule has 0 aromatic carbocycles. The fourth-order valence-corrected chi connectivity index (χ4v) is 9.48. The van der Waals surface area contributed by atoms with E-state index >= 15 is 0 Å². The van der Waals surface area contributed by atoms with Gasteiger partial charge in [-0.3, -0.25) is 26.9 Å². The fourth-order valence-electron chi connectivity index (χ4n) is 5.23. The maximum absolute atomic E-state index is 8.64. The molecule has 17 N–H and O–H groups in total. The molecule has 0 heterocycles. The predicted molar refractivity (Wildman–Crippen MR) is 262 cm³/mol. The second-order valence-electron chi connectivity index (χ2n) is 13.1. The molecule has 0 aromatic rings. The maximum atomic E-state index is 8.64. The van der Waals surface area contributed by atoms with Crippen LogP contribution in [0.4, 0.5) is 0 Å². The van der Waals surface area contributed by atoms with Crippen LogP contribution in [0.2, 0.25) is 0 Å². The van der Waals surface area contributed by atoms with Crippen LogP contribution in [0, 0.1) is 5.92 Å². The van der Waals surface area contributed by atoms with E-state index in [0.29, 0.717) is 11.6 Å². The van der Waals surface area contributed by atoms with Gasteiger partial charge in [-0.2, -0.15) is 68.7 Å². The van der Waals surface area contributed by atoms with Gasteiger partial charge in [0.1, 0.15) is 7.73 Å². The standard InChI is InChI=1S/C18H36N4S2.C10H20N2O2.C8H18N2S2.CH4S.BH2P.H2O.H2/c1-15-9-10-16(15)24-14-12-22-18(20)8-6-4-3-5-7-17(19)21-11-13-23-2;1-14-10(12)7-5-3-2-4-6-9(11)8-13;9-3-5-11-7-1-2-8(7)12-6-4-10;2*1-2;;/h15-16H,3-14H2,1-2H3,(H2,19,21)(H2,20,22);11-13H,2-8H2,1H3;7-8H,1-6,9-10H2;2H,1H3;2H2;1H2;1H/p+4/i;;;;;;1+2D/hD. The highest BCUT2D eigenvalue weighted by molar-refractivity contribution is 8.04. The molecule has 0 spiro atoms. The van der Waals surface area contributed by atoms with Gasteiger partial charge in [-0.1, -0.05) is 32.6 Å². The third-order valence-corrected chi connectivity index (χ3v) is 14.1. The summed E-state index contributed by atoms with van der Waals surface area (Å²) in [7, 11) is 7.92. The molecule has 2 radical (unpaired) electrons. The van der Waals surface area contributed by atoms with E-state index in [0.717, 1.165) is 141 Å². The van der Waals surface area contributed by atoms with E-state index in [9.17, 15) is 0 Å². The zero-order valence-corrected chi connectivity index (χ0v) is 40.2. The predicted octanol–water partition coefficient (Wildman–Crippen LogP) is -0.766. The number of thioether (sulfide) groups is 4. The zero-order chi connectivity index (χ0) is 44.0. The summed E-state index contributed by atoms with van der Waals surface area (Å²) < 4.78 is 21.0. The lowest BCUT2D eigenvalue weighted by Crippen LogP contribution is -2.76. The number of amidine groups is 2. The zero-order valence-electron chi connectivity index (χ0n) is 38.0. The molecule has 2 fully saturated rings. The topological polar surface area (TPSA) is 244 Å². The Balaban J connectivity index is -0.000000236. The maximum Gasteiger partial charge on any atom is 0.332 e. The van der Waals surface area contributed by atoms with E-state index in [1.165, 1.54) is 57.1 Å². The average Bonchev–Trinajstić information content (AvgIpc) is 3.21. The van der Waals surface area contributed by atoms with Crippen LogP contribution >= 0.6 is 68.7 Å². The van der Waals surface area contributed by atoms with E-state index in [1.54, 1.807) is 13.4 Å². The minimum Gasteiger partial charge on any atom is -0.451 e. The third kappa shape index (κ3) is 40.7. The van der Waals surface area contributed by atoms with Crippen molar-refractivity contribution < 1.29 is 39.1 Å². The number of ether oxygens (including phenoxy) is 1. The lowest BCUT2D eigenvalue weighted by Gasteiger charge is -2.35. The van der Waals surface area contributed by atoms with Crippen LogP contribution in [-0.4, -0.2) is 134 Å². The molecular weight excluding hydrogens is 807 g/mol. The molecule has 2 aliphatic carbocycles. The van der Waals surface area contributed by atoms with Gasteiger partial charge in [0.2, 0.25) is 11.7 Å². The molecule has 2 rings (SSSR count). The molecule has 2 saturated carbocycles. The lowest BCUT2D eigenvalue weighted by atomic mass is 9.87. The van der Waals surface area contributed by atoms with Crippen molar-refractivity contribution >= 4 is 99.5 Å². The SMILES string of the molecule is COC(=[NH2+])CCCCCCC(=[NH2+])CO.CSCC[NH+]=C(N)CCCCCCC(N)=[NH+]CCSC1CCC1C.NCCSC1CCC1SCCN.O.[2H]SC.[2H][3H].[B]P. The third-order valence-electron chi connectivity index (χ3n) is 8.81. The van der Waals surface area contributed by atoms with E-state index < -0.39 is 0 Å². The number of rotatable bonds is 28. The normalized spacial score (nSPS) is 18.8. The van der Waals surface area contributed by atoms with E-state index in [1.807, 2.05) is 44.4 Å². The largest absolute Gasteiger partial charge is 0.451 e. The van der Waals surface area contributed by atoms with Gasteiger partial charge in [-0.25, -0.2) is 5.41 Å². The molecule has 0 aliphatic heterocycles. The molecule has 328 valence electrons. The van der Waals surface area contributed by atoms with Crippen molar-refractivity contribution in [3.05, 3.63) is 0 Å². The first-order valence-corrected chi connectivity index (χ1v) is 25.8. The van der Waals surface area contributed by atoms with Crippen LogP contribution in [-0.2, 0) is 4.74 Å². The quantitative estimate of drug-likeness (QED) is 0.0118. The second-order valence-corrected chi connectivity index (χ2v) is 18.2. The molecule has 11 nitrogen and oxygen atoms in total. The summed E-state index contributed by atoms with van der Waals surface area (Å²) in [4.78, 5) is 6.65. The molecule has 5 unspecified atom stereocenters. The summed E-state index contributed by atoms with van der Waals surface area (Å²) >= 11 is 9.02. The summed E-state index contributed by atoms with van der Waals surface area (Å²) in [5, 5.41) is 22.2. The van der Waals surface area contributed by atoms with E-state index in [-0.39, 0.29) is 12.1 Å². The number of hydrogen-bond acceptors (Lipinski definition) is 9. The summed E-state index contributed by atoms with van der Waals surface area (Å²) in [5.74, 6) is 7.94. The Bertz CT molecular complexity index is 921. The highest BCUT2D eigenvalue weighted by Crippen LogP contribution is 2.39. The smallest absolute Gasteiger partial charge is 0.332 e. The number of nitrogens with two attached hydrogens (primary N) is 6.